The molecule has 0 N–H and O–H groups in total. The second-order valence-corrected chi connectivity index (χ2v) is 7.10. The zero-order valence-electron chi connectivity index (χ0n) is 12.2. The van der Waals surface area contributed by atoms with Gasteiger partial charge in [0.1, 0.15) is 11.6 Å². The number of fused-ring (bicyclic) bond motifs is 1. The van der Waals surface area contributed by atoms with Gasteiger partial charge in [-0.05, 0) is 55.4 Å². The Bertz CT molecular complexity index is 679. The molecule has 1 saturated carbocycles. The van der Waals surface area contributed by atoms with Crippen LogP contribution in [0, 0.1) is 5.82 Å². The van der Waals surface area contributed by atoms with E-state index < -0.39 is 0 Å². The summed E-state index contributed by atoms with van der Waals surface area (Å²) in [7, 11) is 4.24. The topological polar surface area (TPSA) is 21.1 Å². The molecule has 0 spiro atoms. The van der Waals surface area contributed by atoms with Gasteiger partial charge in [0.2, 0.25) is 0 Å². The molecule has 3 nitrogen and oxygen atoms in total. The second kappa shape index (κ2) is 5.52. The van der Waals surface area contributed by atoms with Crippen LogP contribution < -0.4 is 0 Å². The predicted octanol–water partition coefficient (Wildman–Crippen LogP) is 4.16. The molecule has 6 heteroatoms. The van der Waals surface area contributed by atoms with Crippen LogP contribution in [0.5, 0.6) is 0 Å². The zero-order chi connectivity index (χ0) is 15.2. The van der Waals surface area contributed by atoms with E-state index in [-0.39, 0.29) is 11.4 Å². The number of alkyl halides is 1. The summed E-state index contributed by atoms with van der Waals surface area (Å²) in [6, 6.07) is 3.27. The van der Waals surface area contributed by atoms with Crippen molar-refractivity contribution in [2.75, 3.05) is 14.1 Å². The van der Waals surface area contributed by atoms with Crippen molar-refractivity contribution in [1.29, 1.82) is 0 Å². The number of rotatable bonds is 4. The molecule has 2 aromatic rings. The molecule has 1 aromatic carbocycles. The molecule has 1 aliphatic rings. The van der Waals surface area contributed by atoms with Gasteiger partial charge in [-0.15, -0.1) is 11.6 Å². The molecular weight excluding hydrogens is 357 g/mol. The number of halogens is 3. The van der Waals surface area contributed by atoms with Crippen LogP contribution in [-0.2, 0) is 12.4 Å². The Kier molecular flexibility index (Phi) is 4.01. The number of hydrogen-bond acceptors (Lipinski definition) is 2. The first-order valence-electron chi connectivity index (χ1n) is 7.04. The first-order valence-corrected chi connectivity index (χ1v) is 8.37. The fraction of sp³-hybridized carbons (Fsp3) is 0.533. The lowest BCUT2D eigenvalue weighted by molar-refractivity contribution is 0.0429. The molecule has 3 rings (SSSR count). The minimum atomic E-state index is -0.292. The van der Waals surface area contributed by atoms with Crippen LogP contribution in [0.25, 0.3) is 11.0 Å². The van der Waals surface area contributed by atoms with Gasteiger partial charge < -0.3 is 9.47 Å². The molecule has 0 unspecified atom stereocenters. The summed E-state index contributed by atoms with van der Waals surface area (Å²) in [6.07, 6.45) is 3.59. The zero-order valence-corrected chi connectivity index (χ0v) is 14.5. The molecule has 1 aliphatic carbocycles. The molecule has 0 atom stereocenters. The first kappa shape index (κ1) is 15.3. The van der Waals surface area contributed by atoms with E-state index in [0.717, 1.165) is 17.9 Å². The third kappa shape index (κ3) is 2.49. The highest BCUT2D eigenvalue weighted by Crippen LogP contribution is 2.39. The van der Waals surface area contributed by atoms with Gasteiger partial charge in [-0.1, -0.05) is 0 Å². The Morgan fingerprint density at radius 2 is 2.14 bits per heavy atom. The molecule has 0 saturated heterocycles. The monoisotopic (exact) mass is 373 g/mol. The summed E-state index contributed by atoms with van der Waals surface area (Å²) in [5.74, 6) is 0.841. The predicted molar refractivity (Wildman–Crippen MR) is 87.2 cm³/mol. The van der Waals surface area contributed by atoms with Crippen molar-refractivity contribution in [1.82, 2.24) is 14.5 Å². The number of nitrogens with zero attached hydrogens (tertiary/aromatic N) is 3. The lowest BCUT2D eigenvalue weighted by Crippen LogP contribution is -2.53. The van der Waals surface area contributed by atoms with Crippen molar-refractivity contribution in [2.24, 2.45) is 0 Å². The maximum Gasteiger partial charge on any atom is 0.139 e. The Balaban J connectivity index is 2.10. The second-order valence-electron chi connectivity index (χ2n) is 5.98. The van der Waals surface area contributed by atoms with E-state index >= 15 is 0 Å². The van der Waals surface area contributed by atoms with E-state index in [4.69, 9.17) is 11.6 Å². The largest absolute Gasteiger partial charge is 0.325 e. The number of benzene rings is 1. The van der Waals surface area contributed by atoms with Gasteiger partial charge in [0.25, 0.3) is 0 Å². The number of aromatic nitrogens is 2. The van der Waals surface area contributed by atoms with E-state index in [1.807, 2.05) is 0 Å². The average molecular weight is 375 g/mol. The number of imidazole rings is 1. The minimum Gasteiger partial charge on any atom is -0.325 e. The summed E-state index contributed by atoms with van der Waals surface area (Å²) < 4.78 is 16.3. The summed E-state index contributed by atoms with van der Waals surface area (Å²) >= 11 is 9.31. The highest BCUT2D eigenvalue weighted by Gasteiger charge is 2.40. The van der Waals surface area contributed by atoms with Crippen molar-refractivity contribution >= 4 is 38.6 Å². The molecule has 0 radical (unpaired) electrons. The molecule has 1 aromatic heterocycles. The maximum atomic E-state index is 13.7. The standard InChI is InChI=1S/C15H18BrClFN3/c1-20(2)15(4-3-5-15)9-21-13-6-10(16)11(18)7-12(13)19-14(21)8-17/h6-7H,3-5,8-9H2,1-2H3. The smallest absolute Gasteiger partial charge is 0.139 e. The normalized spacial score (nSPS) is 17.4. The first-order chi connectivity index (χ1) is 9.97. The van der Waals surface area contributed by atoms with Crippen LogP contribution in [0.2, 0.25) is 0 Å². The van der Waals surface area contributed by atoms with Crippen LogP contribution in [0.15, 0.2) is 16.6 Å². The SMILES string of the molecule is CN(C)C1(Cn2c(CCl)nc3cc(F)c(Br)cc32)CCC1. The third-order valence-corrected chi connectivity index (χ3v) is 5.52. The van der Waals surface area contributed by atoms with Crippen molar-refractivity contribution in [3.8, 4) is 0 Å². The van der Waals surface area contributed by atoms with Crippen LogP contribution >= 0.6 is 27.5 Å². The highest BCUT2D eigenvalue weighted by molar-refractivity contribution is 9.10. The van der Waals surface area contributed by atoms with Crippen LogP contribution in [-0.4, -0.2) is 34.1 Å². The van der Waals surface area contributed by atoms with Crippen molar-refractivity contribution in [3.63, 3.8) is 0 Å². The van der Waals surface area contributed by atoms with Gasteiger partial charge in [0, 0.05) is 18.2 Å². The Morgan fingerprint density at radius 3 is 2.67 bits per heavy atom. The van der Waals surface area contributed by atoms with Crippen LogP contribution in [0.4, 0.5) is 4.39 Å². The van der Waals surface area contributed by atoms with Gasteiger partial charge >= 0.3 is 0 Å². The third-order valence-electron chi connectivity index (χ3n) is 4.67. The summed E-state index contributed by atoms with van der Waals surface area (Å²) in [4.78, 5) is 6.78. The summed E-state index contributed by atoms with van der Waals surface area (Å²) in [5.41, 5.74) is 1.77. The van der Waals surface area contributed by atoms with Gasteiger partial charge in [-0.3, -0.25) is 0 Å². The van der Waals surface area contributed by atoms with Crippen LogP contribution in [0.1, 0.15) is 25.1 Å². The lowest BCUT2D eigenvalue weighted by atomic mass is 9.75. The van der Waals surface area contributed by atoms with E-state index in [1.165, 1.54) is 25.3 Å². The van der Waals surface area contributed by atoms with E-state index in [2.05, 4.69) is 44.5 Å². The lowest BCUT2D eigenvalue weighted by Gasteiger charge is -2.47. The van der Waals surface area contributed by atoms with Gasteiger partial charge in [-0.2, -0.15) is 0 Å². The fourth-order valence-corrected chi connectivity index (χ4v) is 3.61. The van der Waals surface area contributed by atoms with E-state index in [0.29, 0.717) is 15.9 Å². The number of hydrogen-bond donors (Lipinski definition) is 0. The van der Waals surface area contributed by atoms with Gasteiger partial charge in [0.05, 0.1) is 21.4 Å². The van der Waals surface area contributed by atoms with Gasteiger partial charge in [0.15, 0.2) is 0 Å². The molecule has 0 aliphatic heterocycles. The fourth-order valence-electron chi connectivity index (χ4n) is 3.07. The van der Waals surface area contributed by atoms with Crippen molar-refractivity contribution in [2.45, 2.75) is 37.2 Å². The molecule has 0 bridgehead atoms. The van der Waals surface area contributed by atoms with E-state index in [9.17, 15) is 4.39 Å². The van der Waals surface area contributed by atoms with Gasteiger partial charge in [-0.25, -0.2) is 9.37 Å². The maximum absolute atomic E-state index is 13.7. The Morgan fingerprint density at radius 1 is 1.43 bits per heavy atom. The molecular formula is C15H18BrClFN3. The molecule has 1 fully saturated rings. The van der Waals surface area contributed by atoms with Crippen LogP contribution in [0.3, 0.4) is 0 Å². The molecule has 1 heterocycles. The molecule has 21 heavy (non-hydrogen) atoms. The molecule has 114 valence electrons. The summed E-state index contributed by atoms with van der Waals surface area (Å²) in [5, 5.41) is 0. The minimum absolute atomic E-state index is 0.162. The average Bonchev–Trinajstić information content (AvgIpc) is 2.71. The Labute approximate surface area is 137 Å². The quantitative estimate of drug-likeness (QED) is 0.749. The summed E-state index contributed by atoms with van der Waals surface area (Å²) in [6.45, 7) is 0.844. The van der Waals surface area contributed by atoms with Crippen molar-refractivity contribution < 1.29 is 4.39 Å². The van der Waals surface area contributed by atoms with E-state index in [1.54, 1.807) is 6.07 Å². The molecule has 0 amide bonds. The Hall–Kier alpha value is -0.650. The highest BCUT2D eigenvalue weighted by atomic mass is 79.9. The number of likely N-dealkylation sites (N-methyl/N-ethyl adjacent to an activating group) is 1. The van der Waals surface area contributed by atoms with Crippen molar-refractivity contribution in [3.05, 3.63) is 28.2 Å².